The van der Waals surface area contributed by atoms with Crippen LogP contribution in [0.15, 0.2) is 41.0 Å². The highest BCUT2D eigenvalue weighted by atomic mass is 79.9. The van der Waals surface area contributed by atoms with Gasteiger partial charge in [-0.2, -0.15) is 0 Å². The molecule has 0 aliphatic carbocycles. The van der Waals surface area contributed by atoms with Crippen LogP contribution in [-0.4, -0.2) is 16.0 Å². The fourth-order valence-electron chi connectivity index (χ4n) is 1.59. The number of hydrogen-bond acceptors (Lipinski definition) is 3. The molecule has 0 aliphatic rings. The fourth-order valence-corrected chi connectivity index (χ4v) is 1.99. The van der Waals surface area contributed by atoms with Gasteiger partial charge in [-0.3, -0.25) is 0 Å². The quantitative estimate of drug-likeness (QED) is 0.946. The first-order valence-corrected chi connectivity index (χ1v) is 6.28. The molecule has 0 amide bonds. The average Bonchev–Trinajstić information content (AvgIpc) is 2.28. The van der Waals surface area contributed by atoms with Crippen molar-refractivity contribution in [3.8, 4) is 11.3 Å². The van der Waals surface area contributed by atoms with E-state index < -0.39 is 0 Å². The fraction of sp³-hybridized carbons (Fsp3) is 0.231. The number of nitrogens with zero attached hydrogens (tertiary/aromatic N) is 2. The first-order valence-electron chi connectivity index (χ1n) is 5.48. The molecule has 2 N–H and O–H groups in total. The van der Waals surface area contributed by atoms with E-state index in [0.717, 1.165) is 21.6 Å². The van der Waals surface area contributed by atoms with Gasteiger partial charge in [-0.05, 0) is 25.1 Å². The summed E-state index contributed by atoms with van der Waals surface area (Å²) in [5, 5.41) is 0. The van der Waals surface area contributed by atoms with Crippen LogP contribution in [0.5, 0.6) is 0 Å². The lowest BCUT2D eigenvalue weighted by atomic mass is 10.1. The van der Waals surface area contributed by atoms with Crippen LogP contribution in [0, 0.1) is 0 Å². The topological polar surface area (TPSA) is 51.8 Å². The second-order valence-electron chi connectivity index (χ2n) is 4.05. The van der Waals surface area contributed by atoms with Gasteiger partial charge in [-0.1, -0.05) is 28.1 Å². The third-order valence-electron chi connectivity index (χ3n) is 2.33. The second-order valence-corrected chi connectivity index (χ2v) is 4.97. The van der Waals surface area contributed by atoms with Crippen molar-refractivity contribution in [2.24, 2.45) is 5.73 Å². The van der Waals surface area contributed by atoms with Gasteiger partial charge in [-0.25, -0.2) is 9.97 Å². The summed E-state index contributed by atoms with van der Waals surface area (Å²) in [4.78, 5) is 8.74. The molecule has 1 aromatic heterocycles. The van der Waals surface area contributed by atoms with E-state index >= 15 is 0 Å². The monoisotopic (exact) mass is 291 g/mol. The standard InChI is InChI=1S/C13H14BrN3/c1-9(15)7-13-16-6-5-12(17-13)10-3-2-4-11(14)8-10/h2-6,8-9H,7,15H2,1H3. The van der Waals surface area contributed by atoms with Gasteiger partial charge in [0, 0.05) is 28.7 Å². The van der Waals surface area contributed by atoms with Crippen molar-refractivity contribution >= 4 is 15.9 Å². The Morgan fingerprint density at radius 3 is 2.88 bits per heavy atom. The molecule has 0 radical (unpaired) electrons. The van der Waals surface area contributed by atoms with E-state index in [4.69, 9.17) is 5.73 Å². The highest BCUT2D eigenvalue weighted by molar-refractivity contribution is 9.10. The van der Waals surface area contributed by atoms with Crippen LogP contribution in [0.3, 0.4) is 0 Å². The lowest BCUT2D eigenvalue weighted by molar-refractivity contribution is 0.702. The largest absolute Gasteiger partial charge is 0.328 e. The predicted octanol–water partition coefficient (Wildman–Crippen LogP) is 2.80. The van der Waals surface area contributed by atoms with E-state index in [2.05, 4.69) is 25.9 Å². The smallest absolute Gasteiger partial charge is 0.130 e. The summed E-state index contributed by atoms with van der Waals surface area (Å²) in [5.74, 6) is 0.789. The zero-order chi connectivity index (χ0) is 12.3. The van der Waals surface area contributed by atoms with Gasteiger partial charge in [0.25, 0.3) is 0 Å². The first-order chi connectivity index (χ1) is 8.15. The summed E-state index contributed by atoms with van der Waals surface area (Å²) in [6, 6.07) is 10.0. The highest BCUT2D eigenvalue weighted by Gasteiger charge is 2.04. The van der Waals surface area contributed by atoms with Crippen LogP contribution in [0.1, 0.15) is 12.7 Å². The third kappa shape index (κ3) is 3.35. The summed E-state index contributed by atoms with van der Waals surface area (Å²) in [6.07, 6.45) is 2.47. The number of benzene rings is 1. The van der Waals surface area contributed by atoms with Gasteiger partial charge in [0.2, 0.25) is 0 Å². The van der Waals surface area contributed by atoms with E-state index in [-0.39, 0.29) is 6.04 Å². The Balaban J connectivity index is 2.33. The van der Waals surface area contributed by atoms with Crippen LogP contribution in [0.2, 0.25) is 0 Å². The van der Waals surface area contributed by atoms with Crippen molar-refractivity contribution in [2.45, 2.75) is 19.4 Å². The van der Waals surface area contributed by atoms with Crippen LogP contribution in [-0.2, 0) is 6.42 Å². The van der Waals surface area contributed by atoms with Gasteiger partial charge in [0.05, 0.1) is 5.69 Å². The van der Waals surface area contributed by atoms with Crippen LogP contribution >= 0.6 is 15.9 Å². The Hall–Kier alpha value is -1.26. The molecule has 0 fully saturated rings. The SMILES string of the molecule is CC(N)Cc1nccc(-c2cccc(Br)c2)n1. The van der Waals surface area contributed by atoms with Crippen molar-refractivity contribution in [1.29, 1.82) is 0 Å². The zero-order valence-electron chi connectivity index (χ0n) is 9.60. The second kappa shape index (κ2) is 5.38. The minimum Gasteiger partial charge on any atom is -0.328 e. The van der Waals surface area contributed by atoms with E-state index in [1.54, 1.807) is 6.20 Å². The molecule has 1 atom stereocenters. The molecular weight excluding hydrogens is 278 g/mol. The number of nitrogens with two attached hydrogens (primary N) is 1. The van der Waals surface area contributed by atoms with Crippen molar-refractivity contribution in [3.63, 3.8) is 0 Å². The van der Waals surface area contributed by atoms with E-state index in [1.165, 1.54) is 0 Å². The van der Waals surface area contributed by atoms with E-state index in [1.807, 2.05) is 37.3 Å². The Labute approximate surface area is 109 Å². The Morgan fingerprint density at radius 2 is 2.18 bits per heavy atom. The summed E-state index contributed by atoms with van der Waals surface area (Å²) in [6.45, 7) is 1.95. The van der Waals surface area contributed by atoms with Crippen molar-refractivity contribution in [2.75, 3.05) is 0 Å². The molecule has 17 heavy (non-hydrogen) atoms. The van der Waals surface area contributed by atoms with Gasteiger partial charge in [0.15, 0.2) is 0 Å². The minimum absolute atomic E-state index is 0.0766. The molecule has 0 saturated heterocycles. The Morgan fingerprint density at radius 1 is 1.35 bits per heavy atom. The van der Waals surface area contributed by atoms with E-state index in [0.29, 0.717) is 6.42 Å². The van der Waals surface area contributed by atoms with Crippen molar-refractivity contribution in [3.05, 3.63) is 46.8 Å². The summed E-state index contributed by atoms with van der Waals surface area (Å²) in [7, 11) is 0. The van der Waals surface area contributed by atoms with Gasteiger partial charge >= 0.3 is 0 Å². The summed E-state index contributed by atoms with van der Waals surface area (Å²) in [5.41, 5.74) is 7.75. The molecule has 88 valence electrons. The first kappa shape index (κ1) is 12.2. The van der Waals surface area contributed by atoms with Crippen LogP contribution in [0.4, 0.5) is 0 Å². The molecule has 0 bridgehead atoms. The number of halogens is 1. The molecular formula is C13H14BrN3. The maximum Gasteiger partial charge on any atom is 0.130 e. The zero-order valence-corrected chi connectivity index (χ0v) is 11.2. The number of hydrogen-bond donors (Lipinski definition) is 1. The van der Waals surface area contributed by atoms with Crippen molar-refractivity contribution in [1.82, 2.24) is 9.97 Å². The lowest BCUT2D eigenvalue weighted by Gasteiger charge is -2.06. The van der Waals surface area contributed by atoms with Gasteiger partial charge in [0.1, 0.15) is 5.82 Å². The normalized spacial score (nSPS) is 12.4. The maximum atomic E-state index is 5.75. The molecule has 1 unspecified atom stereocenters. The minimum atomic E-state index is 0.0766. The molecule has 2 rings (SSSR count). The number of rotatable bonds is 3. The predicted molar refractivity (Wildman–Crippen MR) is 72.5 cm³/mol. The average molecular weight is 292 g/mol. The molecule has 0 aliphatic heterocycles. The third-order valence-corrected chi connectivity index (χ3v) is 2.82. The van der Waals surface area contributed by atoms with Gasteiger partial charge < -0.3 is 5.73 Å². The molecule has 0 saturated carbocycles. The van der Waals surface area contributed by atoms with Crippen LogP contribution < -0.4 is 5.73 Å². The van der Waals surface area contributed by atoms with Crippen molar-refractivity contribution < 1.29 is 0 Å². The lowest BCUT2D eigenvalue weighted by Crippen LogP contribution is -2.19. The maximum absolute atomic E-state index is 5.75. The molecule has 2 aromatic rings. The Kier molecular flexibility index (Phi) is 3.86. The molecule has 3 nitrogen and oxygen atoms in total. The highest BCUT2D eigenvalue weighted by Crippen LogP contribution is 2.20. The molecule has 1 heterocycles. The summed E-state index contributed by atoms with van der Waals surface area (Å²) < 4.78 is 1.04. The molecule has 0 spiro atoms. The Bertz CT molecular complexity index is 512. The summed E-state index contributed by atoms with van der Waals surface area (Å²) >= 11 is 3.45. The molecule has 4 heteroatoms. The van der Waals surface area contributed by atoms with E-state index in [9.17, 15) is 0 Å². The number of aromatic nitrogens is 2. The molecule has 1 aromatic carbocycles. The van der Waals surface area contributed by atoms with Gasteiger partial charge in [-0.15, -0.1) is 0 Å². The van der Waals surface area contributed by atoms with Crippen LogP contribution in [0.25, 0.3) is 11.3 Å².